The van der Waals surface area contributed by atoms with Crippen LogP contribution >= 0.6 is 0 Å². The Balaban J connectivity index is 2.36. The van der Waals surface area contributed by atoms with E-state index in [9.17, 15) is 0 Å². The van der Waals surface area contributed by atoms with Crippen molar-refractivity contribution in [3.63, 3.8) is 0 Å². The zero-order valence-electron chi connectivity index (χ0n) is 9.25. The van der Waals surface area contributed by atoms with E-state index in [2.05, 4.69) is 42.8 Å². The molecule has 1 aromatic heterocycles. The summed E-state index contributed by atoms with van der Waals surface area (Å²) in [5.74, 6) is 0. The van der Waals surface area contributed by atoms with E-state index in [-0.39, 0.29) is 0 Å². The molecule has 0 spiro atoms. The Hall–Kier alpha value is -1.63. The SMILES string of the molecule is C=C(C)/C=C1/C=Cc2cc(C)cnc2C1. The third-order valence-electron chi connectivity index (χ3n) is 2.42. The molecule has 0 saturated carbocycles. The normalized spacial score (nSPS) is 16.5. The number of pyridine rings is 1. The van der Waals surface area contributed by atoms with Gasteiger partial charge in [-0.3, -0.25) is 4.98 Å². The summed E-state index contributed by atoms with van der Waals surface area (Å²) in [7, 11) is 0. The first-order valence-corrected chi connectivity index (χ1v) is 5.15. The lowest BCUT2D eigenvalue weighted by Crippen LogP contribution is -2.01. The van der Waals surface area contributed by atoms with Crippen LogP contribution in [0.25, 0.3) is 6.08 Å². The van der Waals surface area contributed by atoms with Crippen LogP contribution in [-0.4, -0.2) is 4.98 Å². The fraction of sp³-hybridized carbons (Fsp3) is 0.214. The minimum atomic E-state index is 0.916. The highest BCUT2D eigenvalue weighted by Gasteiger charge is 2.08. The van der Waals surface area contributed by atoms with Gasteiger partial charge >= 0.3 is 0 Å². The summed E-state index contributed by atoms with van der Waals surface area (Å²) in [5.41, 5.74) is 5.99. The molecule has 0 aliphatic heterocycles. The van der Waals surface area contributed by atoms with Crippen LogP contribution in [-0.2, 0) is 6.42 Å². The van der Waals surface area contributed by atoms with E-state index in [1.54, 1.807) is 0 Å². The maximum absolute atomic E-state index is 4.45. The van der Waals surface area contributed by atoms with Crippen LogP contribution in [0.15, 0.2) is 42.1 Å². The Labute approximate surface area is 90.9 Å². The molecule has 1 heterocycles. The van der Waals surface area contributed by atoms with E-state index in [0.29, 0.717) is 0 Å². The van der Waals surface area contributed by atoms with E-state index in [1.807, 2.05) is 13.1 Å². The summed E-state index contributed by atoms with van der Waals surface area (Å²) in [4.78, 5) is 4.45. The van der Waals surface area contributed by atoms with Gasteiger partial charge in [-0.1, -0.05) is 30.4 Å². The molecule has 0 unspecified atom stereocenters. The number of nitrogens with zero attached hydrogens (tertiary/aromatic N) is 1. The monoisotopic (exact) mass is 197 g/mol. The van der Waals surface area contributed by atoms with E-state index >= 15 is 0 Å². The summed E-state index contributed by atoms with van der Waals surface area (Å²) in [6.45, 7) is 7.97. The highest BCUT2D eigenvalue weighted by molar-refractivity contribution is 5.61. The maximum Gasteiger partial charge on any atom is 0.0519 e. The summed E-state index contributed by atoms with van der Waals surface area (Å²) in [6, 6.07) is 2.18. The molecule has 15 heavy (non-hydrogen) atoms. The minimum absolute atomic E-state index is 0.916. The summed E-state index contributed by atoms with van der Waals surface area (Å²) in [5, 5.41) is 0. The Morgan fingerprint density at radius 3 is 3.00 bits per heavy atom. The van der Waals surface area contributed by atoms with Gasteiger partial charge < -0.3 is 0 Å². The molecule has 1 aromatic rings. The van der Waals surface area contributed by atoms with Crippen LogP contribution in [0.5, 0.6) is 0 Å². The lowest BCUT2D eigenvalue weighted by atomic mass is 9.96. The second-order valence-corrected chi connectivity index (χ2v) is 4.12. The highest BCUT2D eigenvalue weighted by Crippen LogP contribution is 2.22. The summed E-state index contributed by atoms with van der Waals surface area (Å²) >= 11 is 0. The molecule has 0 saturated heterocycles. The lowest BCUT2D eigenvalue weighted by molar-refractivity contribution is 1.04. The van der Waals surface area contributed by atoms with Crippen LogP contribution < -0.4 is 0 Å². The molecule has 1 nitrogen and oxygen atoms in total. The van der Waals surface area contributed by atoms with Crippen molar-refractivity contribution >= 4 is 6.08 Å². The van der Waals surface area contributed by atoms with Crippen LogP contribution in [0, 0.1) is 6.92 Å². The molecule has 1 heteroatoms. The first kappa shape index (κ1) is 9.91. The van der Waals surface area contributed by atoms with Crippen LogP contribution in [0.2, 0.25) is 0 Å². The predicted molar refractivity (Wildman–Crippen MR) is 64.6 cm³/mol. The van der Waals surface area contributed by atoms with Gasteiger partial charge in [0.25, 0.3) is 0 Å². The third kappa shape index (κ3) is 2.24. The van der Waals surface area contributed by atoms with Gasteiger partial charge in [0, 0.05) is 12.6 Å². The molecule has 0 aromatic carbocycles. The van der Waals surface area contributed by atoms with Crippen molar-refractivity contribution < 1.29 is 0 Å². The number of rotatable bonds is 1. The van der Waals surface area contributed by atoms with E-state index < -0.39 is 0 Å². The molecule has 0 atom stereocenters. The van der Waals surface area contributed by atoms with Gasteiger partial charge in [-0.2, -0.15) is 0 Å². The second kappa shape index (κ2) is 3.85. The van der Waals surface area contributed by atoms with Crippen molar-refractivity contribution in [2.45, 2.75) is 20.3 Å². The van der Waals surface area contributed by atoms with Crippen molar-refractivity contribution in [3.8, 4) is 0 Å². The first-order valence-electron chi connectivity index (χ1n) is 5.15. The molecule has 0 radical (unpaired) electrons. The van der Waals surface area contributed by atoms with Crippen LogP contribution in [0.3, 0.4) is 0 Å². The number of aromatic nitrogens is 1. The molecule has 0 fully saturated rings. The van der Waals surface area contributed by atoms with Crippen molar-refractivity contribution in [2.75, 3.05) is 0 Å². The topological polar surface area (TPSA) is 12.9 Å². The van der Waals surface area contributed by atoms with Crippen molar-refractivity contribution in [1.82, 2.24) is 4.98 Å². The molecule has 2 rings (SSSR count). The third-order valence-corrected chi connectivity index (χ3v) is 2.42. The predicted octanol–water partition coefficient (Wildman–Crippen LogP) is 3.46. The van der Waals surface area contributed by atoms with Gasteiger partial charge in [0.05, 0.1) is 5.69 Å². The lowest BCUT2D eigenvalue weighted by Gasteiger charge is -2.12. The van der Waals surface area contributed by atoms with Gasteiger partial charge in [-0.25, -0.2) is 0 Å². The highest BCUT2D eigenvalue weighted by atomic mass is 14.7. The van der Waals surface area contributed by atoms with Crippen molar-refractivity contribution in [2.24, 2.45) is 0 Å². The summed E-state index contributed by atoms with van der Waals surface area (Å²) in [6.07, 6.45) is 9.24. The van der Waals surface area contributed by atoms with Crippen LogP contribution in [0.1, 0.15) is 23.7 Å². The Bertz CT molecular complexity index is 464. The summed E-state index contributed by atoms with van der Waals surface area (Å²) < 4.78 is 0. The first-order chi connectivity index (χ1) is 7.15. The van der Waals surface area contributed by atoms with Gasteiger partial charge in [0.1, 0.15) is 0 Å². The smallest absolute Gasteiger partial charge is 0.0519 e. The van der Waals surface area contributed by atoms with E-state index in [4.69, 9.17) is 0 Å². The van der Waals surface area contributed by atoms with Crippen molar-refractivity contribution in [1.29, 1.82) is 0 Å². The van der Waals surface area contributed by atoms with E-state index in [1.165, 1.54) is 16.7 Å². The quantitative estimate of drug-likeness (QED) is 0.671. The number of allylic oxidation sites excluding steroid dienone is 4. The van der Waals surface area contributed by atoms with Gasteiger partial charge in [-0.05, 0) is 36.6 Å². The van der Waals surface area contributed by atoms with E-state index in [0.717, 1.165) is 17.7 Å². The molecule has 0 amide bonds. The molecule has 0 bridgehead atoms. The molecule has 0 N–H and O–H groups in total. The molecular formula is C14H15N. The fourth-order valence-corrected chi connectivity index (χ4v) is 1.78. The standard InChI is InChI=1S/C14H15N/c1-10(2)6-12-4-5-13-7-11(3)9-15-14(13)8-12/h4-7,9H,1,8H2,2-3H3/b12-6-. The van der Waals surface area contributed by atoms with Crippen molar-refractivity contribution in [3.05, 3.63) is 59.0 Å². The average molecular weight is 197 g/mol. The molecule has 76 valence electrons. The largest absolute Gasteiger partial charge is 0.260 e. The maximum atomic E-state index is 4.45. The van der Waals surface area contributed by atoms with Gasteiger partial charge in [0.15, 0.2) is 0 Å². The number of aryl methyl sites for hydroxylation is 1. The zero-order valence-corrected chi connectivity index (χ0v) is 9.25. The average Bonchev–Trinajstić information content (AvgIpc) is 2.17. The number of hydrogen-bond donors (Lipinski definition) is 0. The van der Waals surface area contributed by atoms with Crippen LogP contribution in [0.4, 0.5) is 0 Å². The second-order valence-electron chi connectivity index (χ2n) is 4.12. The van der Waals surface area contributed by atoms with Gasteiger partial charge in [-0.15, -0.1) is 0 Å². The Morgan fingerprint density at radius 2 is 2.27 bits per heavy atom. The molecule has 1 aliphatic carbocycles. The number of fused-ring (bicyclic) bond motifs is 1. The fourth-order valence-electron chi connectivity index (χ4n) is 1.78. The minimum Gasteiger partial charge on any atom is -0.260 e. The number of hydrogen-bond acceptors (Lipinski definition) is 1. The van der Waals surface area contributed by atoms with Gasteiger partial charge in [0.2, 0.25) is 0 Å². The molecule has 1 aliphatic rings. The Kier molecular flexibility index (Phi) is 2.55. The Morgan fingerprint density at radius 1 is 1.47 bits per heavy atom. The zero-order chi connectivity index (χ0) is 10.8. The molecular weight excluding hydrogens is 182 g/mol.